The summed E-state index contributed by atoms with van der Waals surface area (Å²) in [4.78, 5) is 6.98. The molecule has 5 nitrogen and oxygen atoms in total. The summed E-state index contributed by atoms with van der Waals surface area (Å²) in [5.74, 6) is 0.461. The molecule has 1 saturated heterocycles. The fraction of sp³-hybridized carbons (Fsp3) is 0.409. The van der Waals surface area contributed by atoms with Crippen molar-refractivity contribution in [2.75, 3.05) is 36.5 Å². The largest absolute Gasteiger partial charge is 0.378 e. The number of nitrogens with two attached hydrogens (primary N) is 1. The SMILES string of the molecule is CCc1cccc(CC)c1NC(N)=NCc1ccccc1N1CCOCC1.I. The summed E-state index contributed by atoms with van der Waals surface area (Å²) >= 11 is 0. The Balaban J connectivity index is 0.00000280. The maximum Gasteiger partial charge on any atom is 0.193 e. The van der Waals surface area contributed by atoms with Crippen molar-refractivity contribution in [3.8, 4) is 0 Å². The molecule has 2 aromatic rings. The molecule has 1 heterocycles. The fourth-order valence-electron chi connectivity index (χ4n) is 3.50. The maximum atomic E-state index is 6.23. The van der Waals surface area contributed by atoms with Gasteiger partial charge in [-0.2, -0.15) is 0 Å². The molecule has 0 aliphatic carbocycles. The molecule has 3 N–H and O–H groups in total. The van der Waals surface area contributed by atoms with Gasteiger partial charge in [-0.15, -0.1) is 24.0 Å². The van der Waals surface area contributed by atoms with Crippen LogP contribution in [0.2, 0.25) is 0 Å². The van der Waals surface area contributed by atoms with Gasteiger partial charge < -0.3 is 20.7 Å². The molecule has 6 heteroatoms. The molecular formula is C22H31IN4O. The van der Waals surface area contributed by atoms with Crippen molar-refractivity contribution in [1.82, 2.24) is 0 Å². The smallest absolute Gasteiger partial charge is 0.193 e. The molecule has 0 bridgehead atoms. The number of halogens is 1. The number of rotatable bonds is 6. The van der Waals surface area contributed by atoms with Crippen LogP contribution < -0.4 is 16.0 Å². The monoisotopic (exact) mass is 494 g/mol. The summed E-state index contributed by atoms with van der Waals surface area (Å²) in [6, 6.07) is 14.8. The topological polar surface area (TPSA) is 62.9 Å². The zero-order valence-corrected chi connectivity index (χ0v) is 19.1. The highest BCUT2D eigenvalue weighted by Crippen LogP contribution is 2.24. The minimum absolute atomic E-state index is 0. The van der Waals surface area contributed by atoms with Crippen LogP contribution in [0.5, 0.6) is 0 Å². The van der Waals surface area contributed by atoms with E-state index in [1.807, 2.05) is 0 Å². The predicted octanol–water partition coefficient (Wildman–Crippen LogP) is 4.19. The van der Waals surface area contributed by atoms with Gasteiger partial charge in [0.05, 0.1) is 19.8 Å². The Morgan fingerprint density at radius 1 is 1.00 bits per heavy atom. The van der Waals surface area contributed by atoms with E-state index in [-0.39, 0.29) is 24.0 Å². The molecule has 0 unspecified atom stereocenters. The zero-order valence-electron chi connectivity index (χ0n) is 16.8. The first-order chi connectivity index (χ1) is 13.2. The van der Waals surface area contributed by atoms with Crippen LogP contribution >= 0.6 is 24.0 Å². The first-order valence-corrected chi connectivity index (χ1v) is 9.81. The number of para-hydroxylation sites is 2. The Hall–Kier alpha value is -1.80. The van der Waals surface area contributed by atoms with E-state index in [9.17, 15) is 0 Å². The molecule has 3 rings (SSSR count). The van der Waals surface area contributed by atoms with Crippen molar-refractivity contribution in [2.24, 2.45) is 10.7 Å². The van der Waals surface area contributed by atoms with Crippen LogP contribution in [-0.2, 0) is 24.1 Å². The van der Waals surface area contributed by atoms with Crippen molar-refractivity contribution in [2.45, 2.75) is 33.2 Å². The minimum Gasteiger partial charge on any atom is -0.378 e. The van der Waals surface area contributed by atoms with Crippen LogP contribution in [0.3, 0.4) is 0 Å². The van der Waals surface area contributed by atoms with E-state index in [4.69, 9.17) is 10.5 Å². The second-order valence-electron chi connectivity index (χ2n) is 6.71. The van der Waals surface area contributed by atoms with Gasteiger partial charge in [0, 0.05) is 24.5 Å². The number of morpholine rings is 1. The molecule has 152 valence electrons. The van der Waals surface area contributed by atoms with Gasteiger partial charge in [0.25, 0.3) is 0 Å². The van der Waals surface area contributed by atoms with E-state index >= 15 is 0 Å². The summed E-state index contributed by atoms with van der Waals surface area (Å²) in [6.07, 6.45) is 1.92. The number of hydrogen-bond acceptors (Lipinski definition) is 3. The molecular weight excluding hydrogens is 463 g/mol. The average Bonchev–Trinajstić information content (AvgIpc) is 2.73. The van der Waals surface area contributed by atoms with E-state index in [0.717, 1.165) is 44.8 Å². The second kappa shape index (κ2) is 11.3. The standard InChI is InChI=1S/C22H30N4O.HI/c1-3-17-9-7-10-18(4-2)21(17)25-22(23)24-16-19-8-5-6-11-20(19)26-12-14-27-15-13-26;/h5-11H,3-4,12-16H2,1-2H3,(H3,23,24,25);1H. The molecule has 0 amide bonds. The summed E-state index contributed by atoms with van der Waals surface area (Å²) in [6.45, 7) is 8.25. The van der Waals surface area contributed by atoms with Crippen LogP contribution in [-0.4, -0.2) is 32.3 Å². The molecule has 0 saturated carbocycles. The van der Waals surface area contributed by atoms with Gasteiger partial charge in [-0.1, -0.05) is 50.2 Å². The average molecular weight is 494 g/mol. The van der Waals surface area contributed by atoms with Gasteiger partial charge in [0.15, 0.2) is 5.96 Å². The number of nitrogens with zero attached hydrogens (tertiary/aromatic N) is 2. The molecule has 1 fully saturated rings. The summed E-state index contributed by atoms with van der Waals surface area (Å²) in [7, 11) is 0. The number of aliphatic imine (C=N–C) groups is 1. The molecule has 0 atom stereocenters. The summed E-state index contributed by atoms with van der Waals surface area (Å²) in [5.41, 5.74) is 12.3. The van der Waals surface area contributed by atoms with Crippen LogP contribution in [0.1, 0.15) is 30.5 Å². The van der Waals surface area contributed by atoms with Crippen LogP contribution in [0.25, 0.3) is 0 Å². The van der Waals surface area contributed by atoms with E-state index in [2.05, 4.69) is 71.5 Å². The molecule has 0 aromatic heterocycles. The first-order valence-electron chi connectivity index (χ1n) is 9.81. The molecule has 1 aliphatic rings. The normalized spacial score (nSPS) is 14.5. The quantitative estimate of drug-likeness (QED) is 0.359. The van der Waals surface area contributed by atoms with Gasteiger partial charge in [-0.25, -0.2) is 4.99 Å². The van der Waals surface area contributed by atoms with Crippen molar-refractivity contribution in [1.29, 1.82) is 0 Å². The first kappa shape index (κ1) is 22.5. The van der Waals surface area contributed by atoms with E-state index < -0.39 is 0 Å². The zero-order chi connectivity index (χ0) is 19.1. The predicted molar refractivity (Wildman–Crippen MR) is 129 cm³/mol. The van der Waals surface area contributed by atoms with Crippen molar-refractivity contribution in [3.63, 3.8) is 0 Å². The van der Waals surface area contributed by atoms with Crippen molar-refractivity contribution >= 4 is 41.3 Å². The molecule has 0 radical (unpaired) electrons. The Kier molecular flexibility index (Phi) is 9.05. The lowest BCUT2D eigenvalue weighted by molar-refractivity contribution is 0.122. The number of aryl methyl sites for hydroxylation is 2. The number of guanidine groups is 1. The van der Waals surface area contributed by atoms with E-state index in [1.165, 1.54) is 22.4 Å². The highest BCUT2D eigenvalue weighted by Gasteiger charge is 2.14. The lowest BCUT2D eigenvalue weighted by Gasteiger charge is -2.30. The van der Waals surface area contributed by atoms with Gasteiger partial charge in [-0.3, -0.25) is 0 Å². The Bertz CT molecular complexity index is 766. The third-order valence-electron chi connectivity index (χ3n) is 5.02. The molecule has 1 aliphatic heterocycles. The lowest BCUT2D eigenvalue weighted by atomic mass is 10.0. The summed E-state index contributed by atoms with van der Waals surface area (Å²) < 4.78 is 5.47. The number of hydrogen-bond donors (Lipinski definition) is 2. The molecule has 2 aromatic carbocycles. The lowest BCUT2D eigenvalue weighted by Crippen LogP contribution is -2.36. The van der Waals surface area contributed by atoms with E-state index in [0.29, 0.717) is 12.5 Å². The fourth-order valence-corrected chi connectivity index (χ4v) is 3.50. The Morgan fingerprint density at radius 2 is 1.61 bits per heavy atom. The van der Waals surface area contributed by atoms with Gasteiger partial charge in [0.2, 0.25) is 0 Å². The van der Waals surface area contributed by atoms with Crippen molar-refractivity contribution < 1.29 is 4.74 Å². The van der Waals surface area contributed by atoms with Crippen LogP contribution in [0.15, 0.2) is 47.5 Å². The number of anilines is 2. The van der Waals surface area contributed by atoms with Gasteiger partial charge >= 0.3 is 0 Å². The Labute approximate surface area is 185 Å². The molecule has 0 spiro atoms. The number of ether oxygens (including phenoxy) is 1. The maximum absolute atomic E-state index is 6.23. The van der Waals surface area contributed by atoms with E-state index in [1.54, 1.807) is 0 Å². The summed E-state index contributed by atoms with van der Waals surface area (Å²) in [5, 5.41) is 3.34. The highest BCUT2D eigenvalue weighted by molar-refractivity contribution is 14.0. The van der Waals surface area contributed by atoms with Gasteiger partial charge in [0.1, 0.15) is 0 Å². The highest BCUT2D eigenvalue weighted by atomic mass is 127. The van der Waals surface area contributed by atoms with Gasteiger partial charge in [-0.05, 0) is 35.6 Å². The second-order valence-corrected chi connectivity index (χ2v) is 6.71. The van der Waals surface area contributed by atoms with Crippen LogP contribution in [0, 0.1) is 0 Å². The van der Waals surface area contributed by atoms with Crippen molar-refractivity contribution in [3.05, 3.63) is 59.2 Å². The third-order valence-corrected chi connectivity index (χ3v) is 5.02. The number of benzene rings is 2. The number of nitrogens with one attached hydrogen (secondary N) is 1. The Morgan fingerprint density at radius 3 is 2.25 bits per heavy atom. The third kappa shape index (κ3) is 5.61. The minimum atomic E-state index is 0. The van der Waals surface area contributed by atoms with Crippen LogP contribution in [0.4, 0.5) is 11.4 Å². The molecule has 28 heavy (non-hydrogen) atoms.